The molecule has 0 spiro atoms. The highest BCUT2D eigenvalue weighted by molar-refractivity contribution is 5.82. The molecule has 3 rings (SSSR count). The van der Waals surface area contributed by atoms with E-state index in [0.717, 1.165) is 12.8 Å². The lowest BCUT2D eigenvalue weighted by Crippen LogP contribution is -2.49. The fourth-order valence-electron chi connectivity index (χ4n) is 3.67. The van der Waals surface area contributed by atoms with Gasteiger partial charge in [0.15, 0.2) is 0 Å². The second-order valence-corrected chi connectivity index (χ2v) is 6.99. The minimum absolute atomic E-state index is 0.230. The number of carbonyl (C=O) groups excluding carboxylic acids is 1. The molecular formula is C16H25N3O3. The minimum atomic E-state index is -0.300. The van der Waals surface area contributed by atoms with Crippen molar-refractivity contribution in [2.45, 2.75) is 52.6 Å². The fraction of sp³-hybridized carbons (Fsp3) is 0.812. The third kappa shape index (κ3) is 2.89. The number of carbonyl (C=O) groups is 1. The van der Waals surface area contributed by atoms with Gasteiger partial charge in [0.2, 0.25) is 17.6 Å². The van der Waals surface area contributed by atoms with Crippen LogP contribution in [0.3, 0.4) is 0 Å². The Bertz CT molecular complexity index is 534. The Morgan fingerprint density at radius 1 is 1.32 bits per heavy atom. The maximum Gasteiger partial charge on any atom is 0.228 e. The summed E-state index contributed by atoms with van der Waals surface area (Å²) in [6.07, 6.45) is 4.53. The van der Waals surface area contributed by atoms with E-state index in [1.165, 1.54) is 12.8 Å². The van der Waals surface area contributed by atoms with E-state index in [-0.39, 0.29) is 17.4 Å². The molecule has 0 aromatic carbocycles. The first kappa shape index (κ1) is 15.5. The summed E-state index contributed by atoms with van der Waals surface area (Å²) >= 11 is 0. The topological polar surface area (TPSA) is 68.5 Å². The van der Waals surface area contributed by atoms with Crippen molar-refractivity contribution < 1.29 is 14.1 Å². The van der Waals surface area contributed by atoms with Crippen LogP contribution in [0, 0.1) is 18.3 Å². The highest BCUT2D eigenvalue weighted by Gasteiger charge is 2.42. The summed E-state index contributed by atoms with van der Waals surface area (Å²) in [5.41, 5.74) is -0.300. The molecule has 1 atom stereocenters. The van der Waals surface area contributed by atoms with Crippen molar-refractivity contribution in [1.29, 1.82) is 0 Å². The number of hydrogen-bond acceptors (Lipinski definition) is 5. The number of aromatic nitrogens is 2. The minimum Gasteiger partial charge on any atom is -0.366 e. The van der Waals surface area contributed by atoms with Crippen LogP contribution in [0.15, 0.2) is 4.52 Å². The molecule has 6 heteroatoms. The highest BCUT2D eigenvalue weighted by atomic mass is 16.5. The SMILES string of the molecule is Cc1nc([C@@H]2CN(C(=O)C(C)(C)C3CCCC3)CCO2)no1. The smallest absolute Gasteiger partial charge is 0.228 e. The first-order valence-electron chi connectivity index (χ1n) is 8.19. The van der Waals surface area contributed by atoms with Crippen molar-refractivity contribution in [3.63, 3.8) is 0 Å². The molecule has 1 saturated heterocycles. The molecule has 0 N–H and O–H groups in total. The molecule has 2 aliphatic rings. The largest absolute Gasteiger partial charge is 0.366 e. The lowest BCUT2D eigenvalue weighted by Gasteiger charge is -2.39. The maximum absolute atomic E-state index is 13.0. The van der Waals surface area contributed by atoms with Gasteiger partial charge >= 0.3 is 0 Å². The van der Waals surface area contributed by atoms with Crippen LogP contribution in [-0.2, 0) is 9.53 Å². The van der Waals surface area contributed by atoms with Crippen LogP contribution in [0.1, 0.15) is 57.3 Å². The predicted molar refractivity (Wildman–Crippen MR) is 80.0 cm³/mol. The molecule has 1 amide bonds. The Kier molecular flexibility index (Phi) is 4.21. The van der Waals surface area contributed by atoms with Crippen LogP contribution < -0.4 is 0 Å². The van der Waals surface area contributed by atoms with Gasteiger partial charge in [-0.15, -0.1) is 0 Å². The lowest BCUT2D eigenvalue weighted by atomic mass is 9.76. The zero-order valence-corrected chi connectivity index (χ0v) is 13.7. The molecule has 22 heavy (non-hydrogen) atoms. The van der Waals surface area contributed by atoms with Crippen LogP contribution in [0.2, 0.25) is 0 Å². The number of amides is 1. The normalized spacial score (nSPS) is 24.0. The first-order chi connectivity index (χ1) is 10.5. The zero-order chi connectivity index (χ0) is 15.7. The third-order valence-electron chi connectivity index (χ3n) is 5.11. The van der Waals surface area contributed by atoms with E-state index >= 15 is 0 Å². The molecule has 1 aromatic heterocycles. The molecular weight excluding hydrogens is 282 g/mol. The molecule has 1 aromatic rings. The Morgan fingerprint density at radius 3 is 2.68 bits per heavy atom. The van der Waals surface area contributed by atoms with E-state index in [1.54, 1.807) is 6.92 Å². The van der Waals surface area contributed by atoms with Crippen molar-refractivity contribution in [2.75, 3.05) is 19.7 Å². The van der Waals surface area contributed by atoms with E-state index in [0.29, 0.717) is 37.3 Å². The summed E-state index contributed by atoms with van der Waals surface area (Å²) in [7, 11) is 0. The fourth-order valence-corrected chi connectivity index (χ4v) is 3.67. The van der Waals surface area contributed by atoms with E-state index in [4.69, 9.17) is 9.26 Å². The van der Waals surface area contributed by atoms with Crippen molar-refractivity contribution in [3.05, 3.63) is 11.7 Å². The molecule has 0 radical (unpaired) electrons. The van der Waals surface area contributed by atoms with Crippen LogP contribution >= 0.6 is 0 Å². The molecule has 2 heterocycles. The monoisotopic (exact) mass is 307 g/mol. The summed E-state index contributed by atoms with van der Waals surface area (Å²) in [6, 6.07) is 0. The van der Waals surface area contributed by atoms with Gasteiger partial charge in [-0.25, -0.2) is 0 Å². The van der Waals surface area contributed by atoms with Crippen LogP contribution in [0.25, 0.3) is 0 Å². The quantitative estimate of drug-likeness (QED) is 0.858. The second kappa shape index (κ2) is 5.99. The van der Waals surface area contributed by atoms with Gasteiger partial charge in [-0.2, -0.15) is 4.98 Å². The maximum atomic E-state index is 13.0. The molecule has 1 aliphatic carbocycles. The first-order valence-corrected chi connectivity index (χ1v) is 8.19. The zero-order valence-electron chi connectivity index (χ0n) is 13.7. The number of morpholine rings is 1. The van der Waals surface area contributed by atoms with Crippen molar-refractivity contribution in [2.24, 2.45) is 11.3 Å². The van der Waals surface area contributed by atoms with Crippen molar-refractivity contribution in [3.8, 4) is 0 Å². The molecule has 1 aliphatic heterocycles. The lowest BCUT2D eigenvalue weighted by molar-refractivity contribution is -0.151. The molecule has 2 fully saturated rings. The average Bonchev–Trinajstić information content (AvgIpc) is 3.18. The van der Waals surface area contributed by atoms with E-state index < -0.39 is 0 Å². The van der Waals surface area contributed by atoms with E-state index in [1.807, 2.05) is 4.90 Å². The molecule has 0 unspecified atom stereocenters. The molecule has 6 nitrogen and oxygen atoms in total. The third-order valence-corrected chi connectivity index (χ3v) is 5.11. The number of nitrogens with zero attached hydrogens (tertiary/aromatic N) is 3. The Hall–Kier alpha value is -1.43. The Morgan fingerprint density at radius 2 is 2.05 bits per heavy atom. The van der Waals surface area contributed by atoms with Gasteiger partial charge in [0.1, 0.15) is 6.10 Å². The standard InChI is InChI=1S/C16H25N3O3/c1-11-17-14(18-22-11)13-10-19(8-9-21-13)15(20)16(2,3)12-6-4-5-7-12/h12-13H,4-10H2,1-3H3/t13-/m0/s1. The molecule has 0 bridgehead atoms. The average molecular weight is 307 g/mol. The van der Waals surface area contributed by atoms with E-state index in [9.17, 15) is 4.79 Å². The summed E-state index contributed by atoms with van der Waals surface area (Å²) in [4.78, 5) is 19.1. The van der Waals surface area contributed by atoms with Gasteiger partial charge in [0.25, 0.3) is 0 Å². The number of ether oxygens (including phenoxy) is 1. The summed E-state index contributed by atoms with van der Waals surface area (Å²) < 4.78 is 10.7. The van der Waals surface area contributed by atoms with Crippen LogP contribution in [0.4, 0.5) is 0 Å². The Labute approximate surface area is 131 Å². The summed E-state index contributed by atoms with van der Waals surface area (Å²) in [5.74, 6) is 1.78. The van der Waals surface area contributed by atoms with E-state index in [2.05, 4.69) is 24.0 Å². The van der Waals surface area contributed by atoms with Crippen molar-refractivity contribution >= 4 is 5.91 Å². The summed E-state index contributed by atoms with van der Waals surface area (Å²) in [6.45, 7) is 7.61. The highest BCUT2D eigenvalue weighted by Crippen LogP contribution is 2.41. The van der Waals surface area contributed by atoms with Gasteiger partial charge in [-0.05, 0) is 18.8 Å². The Balaban J connectivity index is 1.69. The van der Waals surface area contributed by atoms with Gasteiger partial charge in [-0.1, -0.05) is 31.8 Å². The number of rotatable bonds is 3. The van der Waals surface area contributed by atoms with Gasteiger partial charge in [0, 0.05) is 18.9 Å². The number of aryl methyl sites for hydroxylation is 1. The van der Waals surface area contributed by atoms with Gasteiger partial charge in [-0.3, -0.25) is 4.79 Å². The van der Waals surface area contributed by atoms with Crippen LogP contribution in [-0.4, -0.2) is 40.6 Å². The molecule has 122 valence electrons. The second-order valence-electron chi connectivity index (χ2n) is 6.99. The van der Waals surface area contributed by atoms with Crippen molar-refractivity contribution in [1.82, 2.24) is 15.0 Å². The molecule has 1 saturated carbocycles. The van der Waals surface area contributed by atoms with Crippen LogP contribution in [0.5, 0.6) is 0 Å². The predicted octanol–water partition coefficient (Wildman–Crippen LogP) is 2.49. The van der Waals surface area contributed by atoms with Gasteiger partial charge < -0.3 is 14.2 Å². The summed E-state index contributed by atoms with van der Waals surface area (Å²) in [5, 5.41) is 3.92. The number of hydrogen-bond donors (Lipinski definition) is 0. The van der Waals surface area contributed by atoms with Gasteiger partial charge in [0.05, 0.1) is 13.2 Å².